The zero-order valence-electron chi connectivity index (χ0n) is 18.5. The number of benzene rings is 3. The third-order valence-corrected chi connectivity index (χ3v) is 8.27. The molecule has 0 saturated heterocycles. The Hall–Kier alpha value is -3.47. The SMILES string of the molecule is CN(C)S(=O)(=O)c1cccc(CSc2nnc3n(-c4ccccc4)c(=O)c4ccccc4n23)c1. The van der Waals surface area contributed by atoms with Gasteiger partial charge in [0.1, 0.15) is 0 Å². The Kier molecular flexibility index (Phi) is 5.72. The minimum Gasteiger partial charge on any atom is -0.268 e. The van der Waals surface area contributed by atoms with Crippen LogP contribution >= 0.6 is 11.8 Å². The molecule has 5 rings (SSSR count). The van der Waals surface area contributed by atoms with Crippen molar-refractivity contribution < 1.29 is 8.42 Å². The molecule has 2 aromatic heterocycles. The van der Waals surface area contributed by atoms with E-state index in [1.165, 1.54) is 30.2 Å². The van der Waals surface area contributed by atoms with Gasteiger partial charge >= 0.3 is 0 Å². The first kappa shape index (κ1) is 22.3. The summed E-state index contributed by atoms with van der Waals surface area (Å²) in [7, 11) is -0.502. The summed E-state index contributed by atoms with van der Waals surface area (Å²) in [6.45, 7) is 0. The molecule has 34 heavy (non-hydrogen) atoms. The molecule has 0 aliphatic rings. The first-order chi connectivity index (χ1) is 16.4. The Morgan fingerprint density at radius 3 is 2.41 bits per heavy atom. The average Bonchev–Trinajstić information content (AvgIpc) is 3.27. The molecule has 0 aliphatic carbocycles. The second-order valence-corrected chi connectivity index (χ2v) is 10.9. The molecule has 5 aromatic rings. The summed E-state index contributed by atoms with van der Waals surface area (Å²) >= 11 is 1.43. The highest BCUT2D eigenvalue weighted by molar-refractivity contribution is 7.98. The number of para-hydroxylation sites is 2. The number of thioether (sulfide) groups is 1. The lowest BCUT2D eigenvalue weighted by atomic mass is 10.2. The van der Waals surface area contributed by atoms with Gasteiger partial charge in [-0.2, -0.15) is 0 Å². The molecular formula is C24H21N5O3S2. The molecule has 2 heterocycles. The predicted octanol–water partition coefficient (Wildman–Crippen LogP) is 3.58. The Bertz CT molecular complexity index is 1680. The number of rotatable bonds is 6. The van der Waals surface area contributed by atoms with Crippen molar-refractivity contribution in [1.82, 2.24) is 23.5 Å². The highest BCUT2D eigenvalue weighted by Crippen LogP contribution is 2.26. The van der Waals surface area contributed by atoms with Gasteiger partial charge in [-0.1, -0.05) is 54.2 Å². The standard InChI is InChI=1S/C24H21N5O3S2/c1-27(2)34(31,32)19-12-8-9-17(15-19)16-33-24-26-25-23-28(18-10-4-3-5-11-18)22(30)20-13-6-7-14-21(20)29(23)24/h3-15H,16H2,1-2H3. The second-order valence-electron chi connectivity index (χ2n) is 7.83. The minimum absolute atomic E-state index is 0.167. The molecule has 10 heteroatoms. The van der Waals surface area contributed by atoms with Gasteiger partial charge in [-0.15, -0.1) is 10.2 Å². The summed E-state index contributed by atoms with van der Waals surface area (Å²) in [5.74, 6) is 0.900. The normalized spacial score (nSPS) is 12.1. The van der Waals surface area contributed by atoms with Crippen molar-refractivity contribution in [2.45, 2.75) is 15.8 Å². The number of hydrogen-bond acceptors (Lipinski definition) is 6. The molecule has 172 valence electrons. The van der Waals surface area contributed by atoms with Gasteiger partial charge < -0.3 is 0 Å². The van der Waals surface area contributed by atoms with Gasteiger partial charge in [0.25, 0.3) is 5.56 Å². The Morgan fingerprint density at radius 1 is 0.912 bits per heavy atom. The van der Waals surface area contributed by atoms with Crippen molar-refractivity contribution in [1.29, 1.82) is 0 Å². The lowest BCUT2D eigenvalue weighted by Crippen LogP contribution is -2.22. The summed E-state index contributed by atoms with van der Waals surface area (Å²) < 4.78 is 29.6. The van der Waals surface area contributed by atoms with Crippen molar-refractivity contribution in [3.05, 3.63) is 94.8 Å². The molecule has 3 aromatic carbocycles. The van der Waals surface area contributed by atoms with Crippen LogP contribution in [0.5, 0.6) is 0 Å². The van der Waals surface area contributed by atoms with Crippen LogP contribution < -0.4 is 5.56 Å². The van der Waals surface area contributed by atoms with E-state index in [1.54, 1.807) is 28.8 Å². The zero-order valence-corrected chi connectivity index (χ0v) is 20.1. The van der Waals surface area contributed by atoms with Crippen molar-refractivity contribution in [2.75, 3.05) is 14.1 Å². The van der Waals surface area contributed by atoms with E-state index in [9.17, 15) is 13.2 Å². The topological polar surface area (TPSA) is 89.6 Å². The third kappa shape index (κ3) is 3.79. The van der Waals surface area contributed by atoms with Gasteiger partial charge in [-0.3, -0.25) is 9.20 Å². The summed E-state index contributed by atoms with van der Waals surface area (Å²) in [5, 5.41) is 9.89. The van der Waals surface area contributed by atoms with Crippen LogP contribution in [0.2, 0.25) is 0 Å². The molecule has 0 bridgehead atoms. The molecule has 0 atom stereocenters. The number of nitrogens with zero attached hydrogens (tertiary/aromatic N) is 5. The van der Waals surface area contributed by atoms with E-state index in [0.29, 0.717) is 33.3 Å². The molecule has 0 spiro atoms. The monoisotopic (exact) mass is 491 g/mol. The van der Waals surface area contributed by atoms with Crippen molar-refractivity contribution in [2.24, 2.45) is 0 Å². The van der Waals surface area contributed by atoms with E-state index < -0.39 is 10.0 Å². The van der Waals surface area contributed by atoms with Crippen LogP contribution in [-0.2, 0) is 15.8 Å². The van der Waals surface area contributed by atoms with Gasteiger partial charge in [0.2, 0.25) is 15.8 Å². The molecule has 0 radical (unpaired) electrons. The van der Waals surface area contributed by atoms with E-state index in [2.05, 4.69) is 10.2 Å². The third-order valence-electron chi connectivity index (χ3n) is 5.45. The fourth-order valence-corrected chi connectivity index (χ4v) is 5.59. The molecular weight excluding hydrogens is 470 g/mol. The number of aromatic nitrogens is 4. The smallest absolute Gasteiger partial charge is 0.267 e. The minimum atomic E-state index is -3.52. The van der Waals surface area contributed by atoms with Gasteiger partial charge in [-0.05, 0) is 42.0 Å². The highest BCUT2D eigenvalue weighted by Gasteiger charge is 2.19. The van der Waals surface area contributed by atoms with E-state index in [0.717, 1.165) is 5.56 Å². The first-order valence-electron chi connectivity index (χ1n) is 10.5. The molecule has 0 unspecified atom stereocenters. The molecule has 8 nitrogen and oxygen atoms in total. The molecule has 0 N–H and O–H groups in total. The average molecular weight is 492 g/mol. The first-order valence-corrected chi connectivity index (χ1v) is 12.9. The number of hydrogen-bond donors (Lipinski definition) is 0. The Balaban J connectivity index is 1.60. The summed E-state index contributed by atoms with van der Waals surface area (Å²) in [6.07, 6.45) is 0. The zero-order chi connectivity index (χ0) is 23.9. The van der Waals surface area contributed by atoms with E-state index in [-0.39, 0.29) is 10.5 Å². The highest BCUT2D eigenvalue weighted by atomic mass is 32.2. The quantitative estimate of drug-likeness (QED) is 0.337. The summed E-state index contributed by atoms with van der Waals surface area (Å²) in [5.41, 5.74) is 2.09. The van der Waals surface area contributed by atoms with Crippen LogP contribution in [0.4, 0.5) is 0 Å². The van der Waals surface area contributed by atoms with Crippen LogP contribution in [0, 0.1) is 0 Å². The van der Waals surface area contributed by atoms with Crippen LogP contribution in [-0.4, -0.2) is 46.0 Å². The maximum absolute atomic E-state index is 13.3. The summed E-state index contributed by atoms with van der Waals surface area (Å²) in [4.78, 5) is 13.6. The van der Waals surface area contributed by atoms with Crippen LogP contribution in [0.15, 0.2) is 93.7 Å². The molecule has 0 fully saturated rings. The molecule has 0 saturated carbocycles. The maximum atomic E-state index is 13.3. The molecule has 0 amide bonds. The van der Waals surface area contributed by atoms with E-state index in [1.807, 2.05) is 59.0 Å². The second kappa shape index (κ2) is 8.71. The van der Waals surface area contributed by atoms with Gasteiger partial charge in [0.05, 0.1) is 21.5 Å². The fraction of sp³-hybridized carbons (Fsp3) is 0.125. The van der Waals surface area contributed by atoms with Gasteiger partial charge in [0.15, 0.2) is 5.16 Å². The van der Waals surface area contributed by atoms with Crippen molar-refractivity contribution >= 4 is 38.5 Å². The number of sulfonamides is 1. The van der Waals surface area contributed by atoms with Crippen LogP contribution in [0.3, 0.4) is 0 Å². The van der Waals surface area contributed by atoms with Crippen molar-refractivity contribution in [3.63, 3.8) is 0 Å². The lowest BCUT2D eigenvalue weighted by Gasteiger charge is -2.12. The maximum Gasteiger partial charge on any atom is 0.267 e. The van der Waals surface area contributed by atoms with Crippen LogP contribution in [0.1, 0.15) is 5.56 Å². The predicted molar refractivity (Wildman–Crippen MR) is 133 cm³/mol. The Morgan fingerprint density at radius 2 is 1.65 bits per heavy atom. The summed E-state index contributed by atoms with van der Waals surface area (Å²) in [6, 6.07) is 23.6. The van der Waals surface area contributed by atoms with Crippen molar-refractivity contribution in [3.8, 4) is 5.69 Å². The van der Waals surface area contributed by atoms with E-state index in [4.69, 9.17) is 0 Å². The molecule has 0 aliphatic heterocycles. The van der Waals surface area contributed by atoms with Gasteiger partial charge in [-0.25, -0.2) is 17.3 Å². The largest absolute Gasteiger partial charge is 0.268 e. The lowest BCUT2D eigenvalue weighted by molar-refractivity contribution is 0.520. The Labute approximate surface area is 200 Å². The number of fused-ring (bicyclic) bond motifs is 3. The van der Waals surface area contributed by atoms with E-state index >= 15 is 0 Å². The van der Waals surface area contributed by atoms with Gasteiger partial charge in [0, 0.05) is 19.8 Å². The fourth-order valence-electron chi connectivity index (χ4n) is 3.74. The van der Waals surface area contributed by atoms with Crippen LogP contribution in [0.25, 0.3) is 22.4 Å².